The molecule has 2 aromatic carbocycles. The van der Waals surface area contributed by atoms with E-state index in [0.29, 0.717) is 0 Å². The summed E-state index contributed by atoms with van der Waals surface area (Å²) in [6.45, 7) is 0.0477. The summed E-state index contributed by atoms with van der Waals surface area (Å²) in [4.78, 5) is 25.3. The third-order valence-electron chi connectivity index (χ3n) is 6.33. The summed E-state index contributed by atoms with van der Waals surface area (Å²) >= 11 is 0. The van der Waals surface area contributed by atoms with Gasteiger partial charge in [0, 0.05) is 25.3 Å². The predicted octanol–water partition coefficient (Wildman–Crippen LogP) is 3.82. The molecule has 3 fully saturated rings. The summed E-state index contributed by atoms with van der Waals surface area (Å²) in [5, 5.41) is 9.42. The van der Waals surface area contributed by atoms with Crippen LogP contribution in [-0.2, 0) is 9.53 Å². The molecule has 1 amide bonds. The number of piperidine rings is 2. The largest absolute Gasteiger partial charge is 0.481 e. The Hall–Kier alpha value is -2.89. The van der Waals surface area contributed by atoms with E-state index in [-0.39, 0.29) is 38.5 Å². The molecule has 0 radical (unpaired) electrons. The Morgan fingerprint density at radius 3 is 2.18 bits per heavy atom. The zero-order chi connectivity index (χ0) is 19.5. The van der Waals surface area contributed by atoms with Crippen LogP contribution in [0.1, 0.15) is 29.9 Å². The van der Waals surface area contributed by atoms with Crippen LogP contribution in [0, 0.1) is 5.41 Å². The summed E-state index contributed by atoms with van der Waals surface area (Å²) in [5.41, 5.74) is 1.68. The van der Waals surface area contributed by atoms with Gasteiger partial charge >= 0.3 is 12.1 Å². The van der Waals surface area contributed by atoms with Crippen LogP contribution in [0.3, 0.4) is 0 Å². The number of carboxylic acids is 1. The molecule has 0 atom stereocenters. The van der Waals surface area contributed by atoms with E-state index in [4.69, 9.17) is 4.74 Å². The third-order valence-corrected chi connectivity index (χ3v) is 6.33. The third kappa shape index (κ3) is 2.44. The van der Waals surface area contributed by atoms with Crippen molar-refractivity contribution >= 4 is 12.1 Å². The number of carbonyl (C=O) groups excluding carboxylic acids is 1. The number of carbonyl (C=O) groups is 2. The Morgan fingerprint density at radius 2 is 1.61 bits per heavy atom. The van der Waals surface area contributed by atoms with Crippen molar-refractivity contribution in [2.45, 2.75) is 24.4 Å². The molecule has 2 aliphatic carbocycles. The molecule has 0 spiro atoms. The standard InChI is InChI=1S/C22H20FNO4/c23-22-10-21(11-22,19(25)26)12-24(13-22)20(27)28-9-18-16-7-3-1-5-14(16)15-6-2-4-8-17(15)18/h1-8,18H,9-13H2,(H,25,26). The van der Waals surface area contributed by atoms with Crippen LogP contribution in [0.25, 0.3) is 11.1 Å². The van der Waals surface area contributed by atoms with Gasteiger partial charge in [-0.3, -0.25) is 4.79 Å². The molecule has 144 valence electrons. The topological polar surface area (TPSA) is 66.8 Å². The minimum Gasteiger partial charge on any atom is -0.481 e. The van der Waals surface area contributed by atoms with E-state index < -0.39 is 23.1 Å². The first kappa shape index (κ1) is 17.2. The fourth-order valence-corrected chi connectivity index (χ4v) is 5.18. The average Bonchev–Trinajstić information content (AvgIpc) is 2.99. The van der Waals surface area contributed by atoms with Gasteiger partial charge in [-0.25, -0.2) is 9.18 Å². The lowest BCUT2D eigenvalue weighted by molar-refractivity contribution is -0.186. The molecule has 2 aromatic rings. The zero-order valence-electron chi connectivity index (χ0n) is 15.2. The summed E-state index contributed by atoms with van der Waals surface area (Å²) in [5.74, 6) is -1.12. The molecular weight excluding hydrogens is 361 g/mol. The number of alkyl halides is 1. The van der Waals surface area contributed by atoms with Crippen molar-refractivity contribution in [3.05, 3.63) is 59.7 Å². The van der Waals surface area contributed by atoms with Crippen LogP contribution in [0.15, 0.2) is 48.5 Å². The number of aliphatic carboxylic acids is 1. The second kappa shape index (κ2) is 5.80. The normalized spacial score (nSPS) is 27.5. The molecule has 5 nitrogen and oxygen atoms in total. The summed E-state index contributed by atoms with van der Waals surface area (Å²) < 4.78 is 20.1. The highest BCUT2D eigenvalue weighted by atomic mass is 19.1. The predicted molar refractivity (Wildman–Crippen MR) is 99.8 cm³/mol. The van der Waals surface area contributed by atoms with Gasteiger partial charge in [-0.15, -0.1) is 0 Å². The Morgan fingerprint density at radius 1 is 1.04 bits per heavy atom. The van der Waals surface area contributed by atoms with Crippen LogP contribution >= 0.6 is 0 Å². The summed E-state index contributed by atoms with van der Waals surface area (Å²) in [6.07, 6.45) is -0.695. The van der Waals surface area contributed by atoms with Crippen molar-refractivity contribution in [3.8, 4) is 11.1 Å². The number of hydrogen-bond acceptors (Lipinski definition) is 3. The highest BCUT2D eigenvalue weighted by molar-refractivity contribution is 5.80. The SMILES string of the molecule is O=C(OCC1c2ccccc2-c2ccccc21)N1CC2(F)CC(C(=O)O)(C1)C2. The van der Waals surface area contributed by atoms with Gasteiger partial charge in [0.1, 0.15) is 12.3 Å². The van der Waals surface area contributed by atoms with Gasteiger partial charge in [0.25, 0.3) is 0 Å². The van der Waals surface area contributed by atoms with Crippen molar-refractivity contribution in [2.75, 3.05) is 19.7 Å². The number of hydrogen-bond donors (Lipinski definition) is 1. The van der Waals surface area contributed by atoms with Crippen LogP contribution in [0.4, 0.5) is 9.18 Å². The number of rotatable bonds is 3. The monoisotopic (exact) mass is 381 g/mol. The minimum absolute atomic E-state index is 0.00464. The lowest BCUT2D eigenvalue weighted by atomic mass is 9.57. The Kier molecular flexibility index (Phi) is 3.57. The number of carboxylic acid groups (broad SMARTS) is 1. The fraction of sp³-hybridized carbons (Fsp3) is 0.364. The lowest BCUT2D eigenvalue weighted by Gasteiger charge is -2.56. The summed E-state index contributed by atoms with van der Waals surface area (Å²) in [7, 11) is 0. The number of ether oxygens (including phenoxy) is 1. The van der Waals surface area contributed by atoms with Gasteiger partial charge in [0.15, 0.2) is 0 Å². The van der Waals surface area contributed by atoms with Crippen molar-refractivity contribution < 1.29 is 23.8 Å². The van der Waals surface area contributed by atoms with Crippen molar-refractivity contribution in [3.63, 3.8) is 0 Å². The smallest absolute Gasteiger partial charge is 0.409 e. The van der Waals surface area contributed by atoms with Crippen molar-refractivity contribution in [1.82, 2.24) is 4.90 Å². The Balaban J connectivity index is 1.33. The molecule has 1 N–H and O–H groups in total. The maximum absolute atomic E-state index is 14.6. The average molecular weight is 381 g/mol. The fourth-order valence-electron chi connectivity index (χ4n) is 5.18. The minimum atomic E-state index is -1.61. The van der Waals surface area contributed by atoms with E-state index in [9.17, 15) is 19.1 Å². The molecule has 6 rings (SSSR count). The molecule has 2 aliphatic heterocycles. The van der Waals surface area contributed by atoms with Crippen LogP contribution in [-0.4, -0.2) is 47.4 Å². The molecule has 6 heteroatoms. The Bertz CT molecular complexity index is 937. The number of fused-ring (bicyclic) bond motifs is 5. The molecule has 2 bridgehead atoms. The van der Waals surface area contributed by atoms with E-state index in [1.807, 2.05) is 36.4 Å². The molecule has 28 heavy (non-hydrogen) atoms. The molecule has 2 heterocycles. The zero-order valence-corrected chi connectivity index (χ0v) is 15.2. The molecule has 1 saturated carbocycles. The number of amides is 1. The molecule has 2 saturated heterocycles. The number of halogens is 1. The van der Waals surface area contributed by atoms with Crippen LogP contribution < -0.4 is 0 Å². The number of nitrogens with zero attached hydrogens (tertiary/aromatic N) is 1. The van der Waals surface area contributed by atoms with Crippen LogP contribution in [0.2, 0.25) is 0 Å². The first-order chi connectivity index (χ1) is 13.4. The van der Waals surface area contributed by atoms with Crippen molar-refractivity contribution in [2.24, 2.45) is 5.41 Å². The number of benzene rings is 2. The second-order valence-electron chi connectivity index (χ2n) is 8.25. The maximum atomic E-state index is 14.6. The van der Waals surface area contributed by atoms with Gasteiger partial charge in [-0.2, -0.15) is 0 Å². The van der Waals surface area contributed by atoms with E-state index in [2.05, 4.69) is 12.1 Å². The summed E-state index contributed by atoms with van der Waals surface area (Å²) in [6, 6.07) is 16.0. The van der Waals surface area contributed by atoms with E-state index in [1.165, 1.54) is 4.90 Å². The van der Waals surface area contributed by atoms with Gasteiger partial charge in [-0.1, -0.05) is 48.5 Å². The van der Waals surface area contributed by atoms with Crippen LogP contribution in [0.5, 0.6) is 0 Å². The van der Waals surface area contributed by atoms with E-state index in [0.717, 1.165) is 22.3 Å². The highest BCUT2D eigenvalue weighted by Gasteiger charge is 2.65. The van der Waals surface area contributed by atoms with E-state index >= 15 is 0 Å². The maximum Gasteiger partial charge on any atom is 0.409 e. The highest BCUT2D eigenvalue weighted by Crippen LogP contribution is 2.55. The van der Waals surface area contributed by atoms with Gasteiger partial charge < -0.3 is 14.7 Å². The molecule has 0 aromatic heterocycles. The Labute approximate surface area is 161 Å². The lowest BCUT2D eigenvalue weighted by Crippen LogP contribution is -2.68. The van der Waals surface area contributed by atoms with Gasteiger partial charge in [0.05, 0.1) is 12.0 Å². The first-order valence-corrected chi connectivity index (χ1v) is 9.43. The quantitative estimate of drug-likeness (QED) is 0.878. The second-order valence-corrected chi connectivity index (χ2v) is 8.25. The molecule has 0 unspecified atom stereocenters. The molecular formula is C22H20FNO4. The van der Waals surface area contributed by atoms with Crippen molar-refractivity contribution in [1.29, 1.82) is 0 Å². The van der Waals surface area contributed by atoms with Gasteiger partial charge in [-0.05, 0) is 22.3 Å². The molecule has 4 aliphatic rings. The van der Waals surface area contributed by atoms with E-state index in [1.54, 1.807) is 0 Å². The first-order valence-electron chi connectivity index (χ1n) is 9.43. The van der Waals surface area contributed by atoms with Gasteiger partial charge in [0.2, 0.25) is 0 Å².